The molecule has 1 atom stereocenters. The summed E-state index contributed by atoms with van der Waals surface area (Å²) < 4.78 is 0. The largest absolute Gasteiger partial charge is 0.353 e. The Morgan fingerprint density at radius 1 is 2.00 bits per heavy atom. The van der Waals surface area contributed by atoms with E-state index in [-0.39, 0.29) is 11.8 Å². The summed E-state index contributed by atoms with van der Waals surface area (Å²) in [5, 5.41) is 2.53. The van der Waals surface area contributed by atoms with Crippen molar-refractivity contribution in [1.82, 2.24) is 5.32 Å². The second-order valence-electron chi connectivity index (χ2n) is 1.46. The number of nitrogens with one attached hydrogen (secondary N) is 1. The SMILES string of the molecule is C#CC1CNC1=O. The minimum atomic E-state index is -0.139. The first-order valence-corrected chi connectivity index (χ1v) is 2.08. The standard InChI is InChI=1S/C5H5NO/c1-2-4-3-6-5(4)7/h1,4H,3H2,(H,6,7). The summed E-state index contributed by atoms with van der Waals surface area (Å²) in [5.74, 6) is 2.19. The zero-order valence-electron chi connectivity index (χ0n) is 3.77. The Morgan fingerprint density at radius 3 is 2.71 bits per heavy atom. The lowest BCUT2D eigenvalue weighted by atomic mass is 10.0. The molecule has 0 radical (unpaired) electrons. The Labute approximate surface area is 41.9 Å². The normalized spacial score (nSPS) is 27.3. The maximum Gasteiger partial charge on any atom is 0.237 e. The van der Waals surface area contributed by atoms with Gasteiger partial charge in [0.25, 0.3) is 0 Å². The van der Waals surface area contributed by atoms with Gasteiger partial charge in [-0.3, -0.25) is 4.79 Å². The highest BCUT2D eigenvalue weighted by Crippen LogP contribution is 2.00. The van der Waals surface area contributed by atoms with Gasteiger partial charge in [0.05, 0.1) is 0 Å². The molecule has 0 bridgehead atoms. The number of carbonyl (C=O) groups excluding carboxylic acids is 1. The maximum atomic E-state index is 10.2. The topological polar surface area (TPSA) is 29.1 Å². The predicted molar refractivity (Wildman–Crippen MR) is 25.3 cm³/mol. The fourth-order valence-electron chi connectivity index (χ4n) is 0.422. The molecule has 0 aliphatic carbocycles. The number of terminal acetylenes is 1. The number of hydrogen-bond acceptors (Lipinski definition) is 1. The minimum absolute atomic E-state index is 0.0116. The molecule has 0 saturated carbocycles. The van der Waals surface area contributed by atoms with Gasteiger partial charge in [0.15, 0.2) is 0 Å². The predicted octanol–water partition coefficient (Wildman–Crippen LogP) is -0.634. The Balaban J connectivity index is 2.48. The van der Waals surface area contributed by atoms with E-state index in [9.17, 15) is 4.79 Å². The van der Waals surface area contributed by atoms with Gasteiger partial charge >= 0.3 is 0 Å². The van der Waals surface area contributed by atoms with Gasteiger partial charge in [0.1, 0.15) is 5.92 Å². The fraction of sp³-hybridized carbons (Fsp3) is 0.400. The highest BCUT2D eigenvalue weighted by molar-refractivity contribution is 5.87. The van der Waals surface area contributed by atoms with E-state index >= 15 is 0 Å². The van der Waals surface area contributed by atoms with E-state index in [1.807, 2.05) is 0 Å². The first-order chi connectivity index (χ1) is 3.34. The fourth-order valence-corrected chi connectivity index (χ4v) is 0.422. The van der Waals surface area contributed by atoms with Crippen molar-refractivity contribution in [1.29, 1.82) is 0 Å². The minimum Gasteiger partial charge on any atom is -0.353 e. The van der Waals surface area contributed by atoms with Crippen LogP contribution in [0.2, 0.25) is 0 Å². The van der Waals surface area contributed by atoms with E-state index in [0.29, 0.717) is 6.54 Å². The molecular weight excluding hydrogens is 90.1 g/mol. The molecule has 1 fully saturated rings. The second kappa shape index (κ2) is 1.27. The molecule has 0 aromatic carbocycles. The molecule has 1 amide bonds. The van der Waals surface area contributed by atoms with Gasteiger partial charge in [-0.25, -0.2) is 0 Å². The van der Waals surface area contributed by atoms with Crippen molar-refractivity contribution in [2.45, 2.75) is 0 Å². The number of rotatable bonds is 0. The van der Waals surface area contributed by atoms with Crippen molar-refractivity contribution in [3.63, 3.8) is 0 Å². The molecule has 1 N–H and O–H groups in total. The summed E-state index contributed by atoms with van der Waals surface area (Å²) in [4.78, 5) is 10.2. The molecule has 0 aromatic heterocycles. The van der Waals surface area contributed by atoms with Crippen LogP contribution in [-0.2, 0) is 4.79 Å². The van der Waals surface area contributed by atoms with Crippen molar-refractivity contribution in [2.75, 3.05) is 6.54 Å². The lowest BCUT2D eigenvalue weighted by Gasteiger charge is -2.19. The van der Waals surface area contributed by atoms with Gasteiger partial charge < -0.3 is 5.32 Å². The molecule has 2 heteroatoms. The van der Waals surface area contributed by atoms with Crippen molar-refractivity contribution in [2.24, 2.45) is 5.92 Å². The second-order valence-corrected chi connectivity index (χ2v) is 1.46. The molecule has 1 aliphatic rings. The van der Waals surface area contributed by atoms with Crippen LogP contribution in [0.4, 0.5) is 0 Å². The average Bonchev–Trinajstić information content (AvgIpc) is 1.65. The molecule has 1 rings (SSSR count). The van der Waals surface area contributed by atoms with Crippen molar-refractivity contribution in [3.8, 4) is 12.3 Å². The molecule has 36 valence electrons. The van der Waals surface area contributed by atoms with Crippen LogP contribution in [0.15, 0.2) is 0 Å². The lowest BCUT2D eigenvalue weighted by Crippen LogP contribution is -2.47. The first kappa shape index (κ1) is 4.20. The summed E-state index contributed by atoms with van der Waals surface area (Å²) >= 11 is 0. The van der Waals surface area contributed by atoms with Crippen molar-refractivity contribution < 1.29 is 4.79 Å². The van der Waals surface area contributed by atoms with Crippen LogP contribution in [0, 0.1) is 18.3 Å². The van der Waals surface area contributed by atoms with Crippen LogP contribution < -0.4 is 5.32 Å². The van der Waals surface area contributed by atoms with Crippen LogP contribution in [0.25, 0.3) is 0 Å². The molecule has 1 heterocycles. The van der Waals surface area contributed by atoms with Crippen molar-refractivity contribution in [3.05, 3.63) is 0 Å². The molecule has 0 spiro atoms. The summed E-state index contributed by atoms with van der Waals surface area (Å²) in [6, 6.07) is 0. The summed E-state index contributed by atoms with van der Waals surface area (Å²) in [7, 11) is 0. The lowest BCUT2D eigenvalue weighted by molar-refractivity contribution is -0.128. The monoisotopic (exact) mass is 95.0 g/mol. The molecule has 1 unspecified atom stereocenters. The van der Waals surface area contributed by atoms with Gasteiger partial charge in [-0.15, -0.1) is 6.42 Å². The van der Waals surface area contributed by atoms with Crippen LogP contribution >= 0.6 is 0 Å². The third kappa shape index (κ3) is 0.459. The first-order valence-electron chi connectivity index (χ1n) is 2.08. The Kier molecular flexibility index (Phi) is 0.759. The summed E-state index contributed by atoms with van der Waals surface area (Å²) in [6.45, 7) is 0.662. The Hall–Kier alpha value is -0.970. The van der Waals surface area contributed by atoms with E-state index in [0.717, 1.165) is 0 Å². The molecular formula is C5H5NO. The third-order valence-electron chi connectivity index (χ3n) is 0.998. The summed E-state index contributed by atoms with van der Waals surface area (Å²) in [6.07, 6.45) is 4.91. The Morgan fingerprint density at radius 2 is 2.71 bits per heavy atom. The molecule has 1 saturated heterocycles. The number of β-lactam (4-membered cyclic amide) rings is 1. The van der Waals surface area contributed by atoms with E-state index in [4.69, 9.17) is 6.42 Å². The van der Waals surface area contributed by atoms with Gasteiger partial charge in [0.2, 0.25) is 5.91 Å². The zero-order valence-corrected chi connectivity index (χ0v) is 3.77. The van der Waals surface area contributed by atoms with E-state index < -0.39 is 0 Å². The molecule has 7 heavy (non-hydrogen) atoms. The van der Waals surface area contributed by atoms with Gasteiger partial charge in [-0.2, -0.15) is 0 Å². The number of hydrogen-bond donors (Lipinski definition) is 1. The van der Waals surface area contributed by atoms with E-state index in [1.54, 1.807) is 0 Å². The van der Waals surface area contributed by atoms with Gasteiger partial charge in [0, 0.05) is 6.54 Å². The highest BCUT2D eigenvalue weighted by atomic mass is 16.2. The molecule has 0 aromatic rings. The Bertz CT molecular complexity index is 134. The van der Waals surface area contributed by atoms with Crippen LogP contribution in [0.1, 0.15) is 0 Å². The zero-order chi connectivity index (χ0) is 5.28. The number of carbonyl (C=O) groups is 1. The van der Waals surface area contributed by atoms with Gasteiger partial charge in [-0.05, 0) is 0 Å². The number of amides is 1. The quantitative estimate of drug-likeness (QED) is 0.315. The highest BCUT2D eigenvalue weighted by Gasteiger charge is 2.24. The van der Waals surface area contributed by atoms with Crippen LogP contribution in [-0.4, -0.2) is 12.5 Å². The van der Waals surface area contributed by atoms with Gasteiger partial charge in [-0.1, -0.05) is 5.92 Å². The smallest absolute Gasteiger partial charge is 0.237 e. The molecule has 2 nitrogen and oxygen atoms in total. The van der Waals surface area contributed by atoms with Crippen LogP contribution in [0.3, 0.4) is 0 Å². The summed E-state index contributed by atoms with van der Waals surface area (Å²) in [5.41, 5.74) is 0. The maximum absolute atomic E-state index is 10.2. The van der Waals surface area contributed by atoms with Crippen molar-refractivity contribution >= 4 is 5.91 Å². The van der Waals surface area contributed by atoms with E-state index in [1.165, 1.54) is 0 Å². The van der Waals surface area contributed by atoms with E-state index in [2.05, 4.69) is 11.2 Å². The van der Waals surface area contributed by atoms with Crippen LogP contribution in [0.5, 0.6) is 0 Å². The third-order valence-corrected chi connectivity index (χ3v) is 0.998. The molecule has 1 aliphatic heterocycles. The average molecular weight is 95.1 g/mol.